The van der Waals surface area contributed by atoms with Gasteiger partial charge in [-0.25, -0.2) is 0 Å². The van der Waals surface area contributed by atoms with Gasteiger partial charge in [-0.1, -0.05) is 42.5 Å². The predicted octanol–water partition coefficient (Wildman–Crippen LogP) is 0.0841. The minimum absolute atomic E-state index is 0.356. The smallest absolute Gasteiger partial charge is 0.127 e. The maximum absolute atomic E-state index is 10.8. The third-order valence-electron chi connectivity index (χ3n) is 3.98. The summed E-state index contributed by atoms with van der Waals surface area (Å²) in [6.45, 7) is 0.880. The van der Waals surface area contributed by atoms with E-state index >= 15 is 0 Å². The van der Waals surface area contributed by atoms with E-state index in [1.807, 2.05) is 17.4 Å². The first kappa shape index (κ1) is 12.2. The summed E-state index contributed by atoms with van der Waals surface area (Å²) in [6.07, 6.45) is 1.67. The second-order valence-corrected chi connectivity index (χ2v) is 5.38. The maximum Gasteiger partial charge on any atom is 0.127 e. The largest absolute Gasteiger partial charge is 0.544 e. The molecule has 1 fully saturated rings. The molecule has 0 spiro atoms. The van der Waals surface area contributed by atoms with Gasteiger partial charge in [0.05, 0.1) is 12.5 Å². The number of rotatable bonds is 3. The molecule has 2 aromatic carbocycles. The number of nitrogens with two attached hydrogens (primary N) is 1. The predicted molar refractivity (Wildman–Crippen MR) is 71.3 cm³/mol. The Bertz CT molecular complexity index is 608. The molecule has 1 aliphatic rings. The fourth-order valence-corrected chi connectivity index (χ4v) is 2.97. The fourth-order valence-electron chi connectivity index (χ4n) is 2.97. The number of aliphatic carboxylic acids is 1. The van der Waals surface area contributed by atoms with Crippen LogP contribution >= 0.6 is 0 Å². The Balaban J connectivity index is 1.73. The number of hydrogen-bond acceptors (Lipinski definition) is 2. The molecule has 19 heavy (non-hydrogen) atoms. The molecule has 2 N–H and O–H groups in total. The van der Waals surface area contributed by atoms with Crippen LogP contribution in [-0.2, 0) is 11.2 Å². The Morgan fingerprint density at radius 1 is 1.21 bits per heavy atom. The van der Waals surface area contributed by atoms with Crippen molar-refractivity contribution in [3.05, 3.63) is 48.0 Å². The second-order valence-electron chi connectivity index (χ2n) is 5.38. The molecule has 0 unspecified atom stereocenters. The zero-order valence-corrected chi connectivity index (χ0v) is 10.7. The third kappa shape index (κ3) is 2.61. The van der Waals surface area contributed by atoms with Crippen molar-refractivity contribution in [2.75, 3.05) is 6.54 Å². The van der Waals surface area contributed by atoms with Crippen molar-refractivity contribution in [1.29, 1.82) is 0 Å². The second kappa shape index (κ2) is 5.02. The molecule has 0 saturated carbocycles. The standard InChI is InChI=1S/C16H17NO2/c18-16(19)15-9-12(10-17-15)7-11-5-6-13-3-1-2-4-14(13)8-11/h1-6,8,12,15,17H,7,9-10H2,(H,18,19)/t12-,15+/m1/s1. The average molecular weight is 255 g/mol. The van der Waals surface area contributed by atoms with Crippen molar-refractivity contribution < 1.29 is 15.2 Å². The van der Waals surface area contributed by atoms with Gasteiger partial charge in [0.1, 0.15) is 6.04 Å². The van der Waals surface area contributed by atoms with E-state index in [9.17, 15) is 9.90 Å². The first-order valence-electron chi connectivity index (χ1n) is 6.74. The van der Waals surface area contributed by atoms with E-state index in [-0.39, 0.29) is 6.04 Å². The summed E-state index contributed by atoms with van der Waals surface area (Å²) >= 11 is 0. The molecule has 0 bridgehead atoms. The highest BCUT2D eigenvalue weighted by Crippen LogP contribution is 2.20. The molecular formula is C16H17NO2. The van der Waals surface area contributed by atoms with Gasteiger partial charge in [0.25, 0.3) is 0 Å². The number of benzene rings is 2. The van der Waals surface area contributed by atoms with E-state index in [1.165, 1.54) is 16.3 Å². The number of fused-ring (bicyclic) bond motifs is 1. The number of carboxylic acid groups (broad SMARTS) is 1. The van der Waals surface area contributed by atoms with E-state index < -0.39 is 5.97 Å². The van der Waals surface area contributed by atoms with Crippen LogP contribution in [0.4, 0.5) is 0 Å². The van der Waals surface area contributed by atoms with Gasteiger partial charge in [-0.15, -0.1) is 0 Å². The van der Waals surface area contributed by atoms with Crippen LogP contribution in [0.5, 0.6) is 0 Å². The summed E-state index contributed by atoms with van der Waals surface area (Å²) in [5, 5.41) is 15.2. The third-order valence-corrected chi connectivity index (χ3v) is 3.98. The Morgan fingerprint density at radius 3 is 2.74 bits per heavy atom. The highest BCUT2D eigenvalue weighted by molar-refractivity contribution is 5.83. The molecule has 0 aromatic heterocycles. The molecular weight excluding hydrogens is 238 g/mol. The normalized spacial score (nSPS) is 22.7. The monoisotopic (exact) mass is 255 g/mol. The fraction of sp³-hybridized carbons (Fsp3) is 0.312. The summed E-state index contributed by atoms with van der Waals surface area (Å²) in [7, 11) is 0. The summed E-state index contributed by atoms with van der Waals surface area (Å²) < 4.78 is 0. The van der Waals surface area contributed by atoms with Crippen molar-refractivity contribution in [3.63, 3.8) is 0 Å². The maximum atomic E-state index is 10.8. The summed E-state index contributed by atoms with van der Waals surface area (Å²) in [5.74, 6) is -0.495. The SMILES string of the molecule is O=C([O-])[C@@H]1C[C@@H](Cc2ccc3ccccc3c2)C[NH2+]1. The zero-order valence-electron chi connectivity index (χ0n) is 10.7. The number of hydrogen-bond donors (Lipinski definition) is 1. The number of carboxylic acids is 1. The van der Waals surface area contributed by atoms with E-state index in [1.54, 1.807) is 0 Å². The van der Waals surface area contributed by atoms with Crippen molar-refractivity contribution >= 4 is 16.7 Å². The summed E-state index contributed by atoms with van der Waals surface area (Å²) in [5.41, 5.74) is 1.29. The lowest BCUT2D eigenvalue weighted by atomic mass is 9.95. The van der Waals surface area contributed by atoms with Crippen molar-refractivity contribution in [3.8, 4) is 0 Å². The van der Waals surface area contributed by atoms with Crippen molar-refractivity contribution in [2.45, 2.75) is 18.9 Å². The molecule has 0 radical (unpaired) electrons. The number of quaternary nitrogens is 1. The van der Waals surface area contributed by atoms with Crippen LogP contribution in [0.2, 0.25) is 0 Å². The molecule has 3 nitrogen and oxygen atoms in total. The minimum atomic E-state index is -0.930. The van der Waals surface area contributed by atoms with Gasteiger partial charge >= 0.3 is 0 Å². The van der Waals surface area contributed by atoms with Gasteiger partial charge in [-0.05, 0) is 22.8 Å². The van der Waals surface area contributed by atoms with Gasteiger partial charge in [0.15, 0.2) is 0 Å². The van der Waals surface area contributed by atoms with Crippen LogP contribution in [0.25, 0.3) is 10.8 Å². The lowest BCUT2D eigenvalue weighted by Crippen LogP contribution is -2.90. The first-order chi connectivity index (χ1) is 9.22. The summed E-state index contributed by atoms with van der Waals surface area (Å²) in [4.78, 5) is 10.8. The Hall–Kier alpha value is -1.87. The highest BCUT2D eigenvalue weighted by Gasteiger charge is 2.28. The van der Waals surface area contributed by atoms with Gasteiger partial charge < -0.3 is 15.2 Å². The average Bonchev–Trinajstić information content (AvgIpc) is 2.87. The van der Waals surface area contributed by atoms with E-state index in [0.29, 0.717) is 5.92 Å². The van der Waals surface area contributed by atoms with Crippen LogP contribution in [0, 0.1) is 5.92 Å². The molecule has 0 aliphatic carbocycles. The zero-order chi connectivity index (χ0) is 13.2. The molecule has 2 atom stereocenters. The van der Waals surface area contributed by atoms with Crippen LogP contribution < -0.4 is 10.4 Å². The Kier molecular flexibility index (Phi) is 3.22. The minimum Gasteiger partial charge on any atom is -0.544 e. The quantitative estimate of drug-likeness (QED) is 0.844. The lowest BCUT2D eigenvalue weighted by Gasteiger charge is -2.09. The highest BCUT2D eigenvalue weighted by atomic mass is 16.4. The molecule has 3 rings (SSSR count). The van der Waals surface area contributed by atoms with Crippen LogP contribution in [0.3, 0.4) is 0 Å². The van der Waals surface area contributed by atoms with Gasteiger partial charge in [0.2, 0.25) is 0 Å². The van der Waals surface area contributed by atoms with Crippen molar-refractivity contribution in [2.24, 2.45) is 5.92 Å². The van der Waals surface area contributed by atoms with Crippen LogP contribution in [-0.4, -0.2) is 18.6 Å². The van der Waals surface area contributed by atoms with E-state index in [0.717, 1.165) is 19.4 Å². The lowest BCUT2D eigenvalue weighted by molar-refractivity contribution is -0.666. The van der Waals surface area contributed by atoms with E-state index in [2.05, 4.69) is 30.3 Å². The van der Waals surface area contributed by atoms with Crippen LogP contribution in [0.15, 0.2) is 42.5 Å². The number of carbonyl (C=O) groups excluding carboxylic acids is 1. The Labute approximate surface area is 112 Å². The van der Waals surface area contributed by atoms with Gasteiger partial charge in [-0.3, -0.25) is 0 Å². The van der Waals surface area contributed by atoms with E-state index in [4.69, 9.17) is 0 Å². The molecule has 1 aliphatic heterocycles. The van der Waals surface area contributed by atoms with Crippen LogP contribution in [0.1, 0.15) is 12.0 Å². The first-order valence-corrected chi connectivity index (χ1v) is 6.74. The molecule has 1 heterocycles. The van der Waals surface area contributed by atoms with Gasteiger partial charge in [-0.2, -0.15) is 0 Å². The topological polar surface area (TPSA) is 56.7 Å². The van der Waals surface area contributed by atoms with Crippen molar-refractivity contribution in [1.82, 2.24) is 0 Å². The molecule has 0 amide bonds. The molecule has 3 heteroatoms. The Morgan fingerprint density at radius 2 is 2.00 bits per heavy atom. The molecule has 1 saturated heterocycles. The molecule has 98 valence electrons. The van der Waals surface area contributed by atoms with Gasteiger partial charge in [0, 0.05) is 12.3 Å². The number of carbonyl (C=O) groups is 1. The summed E-state index contributed by atoms with van der Waals surface area (Å²) in [6, 6.07) is 14.4. The molecule has 2 aromatic rings.